The summed E-state index contributed by atoms with van der Waals surface area (Å²) in [5, 5.41) is 13.0. The highest BCUT2D eigenvalue weighted by atomic mass is 16.4. The molecule has 0 spiro atoms. The van der Waals surface area contributed by atoms with Crippen molar-refractivity contribution >= 4 is 5.97 Å². The Balaban J connectivity index is 2.52. The van der Waals surface area contributed by atoms with Crippen molar-refractivity contribution in [3.8, 4) is 11.4 Å². The van der Waals surface area contributed by atoms with Crippen molar-refractivity contribution < 1.29 is 9.90 Å². The lowest BCUT2D eigenvalue weighted by Gasteiger charge is -1.95. The molecule has 78 valence electrons. The molecular formula is C9H10N4O2. The molecule has 0 saturated carbocycles. The van der Waals surface area contributed by atoms with E-state index in [1.54, 1.807) is 24.1 Å². The number of carboxylic acids is 1. The number of hydrogen-bond donors (Lipinski definition) is 1. The fourth-order valence-electron chi connectivity index (χ4n) is 1.40. The molecule has 0 fully saturated rings. The van der Waals surface area contributed by atoms with Crippen molar-refractivity contribution in [2.75, 3.05) is 0 Å². The molecule has 0 saturated heterocycles. The average Bonchev–Trinajstić information content (AvgIpc) is 2.71. The van der Waals surface area contributed by atoms with Crippen LogP contribution in [0.2, 0.25) is 0 Å². The van der Waals surface area contributed by atoms with Gasteiger partial charge in [0.2, 0.25) is 0 Å². The van der Waals surface area contributed by atoms with E-state index < -0.39 is 5.97 Å². The molecule has 2 heterocycles. The van der Waals surface area contributed by atoms with Crippen molar-refractivity contribution in [3.05, 3.63) is 24.3 Å². The topological polar surface area (TPSA) is 72.9 Å². The second kappa shape index (κ2) is 3.23. The maximum atomic E-state index is 10.8. The van der Waals surface area contributed by atoms with Gasteiger partial charge in [0.1, 0.15) is 11.4 Å². The van der Waals surface area contributed by atoms with Gasteiger partial charge < -0.3 is 9.67 Å². The number of carbonyl (C=O) groups is 1. The Hall–Kier alpha value is -2.11. The first-order valence-corrected chi connectivity index (χ1v) is 4.33. The van der Waals surface area contributed by atoms with Crippen LogP contribution in [0.4, 0.5) is 0 Å². The van der Waals surface area contributed by atoms with E-state index in [1.807, 2.05) is 7.05 Å². The first-order chi connectivity index (χ1) is 7.09. The minimum absolute atomic E-state index is 0.159. The summed E-state index contributed by atoms with van der Waals surface area (Å²) in [6.45, 7) is 0. The normalized spacial score (nSPS) is 10.5. The van der Waals surface area contributed by atoms with Crippen LogP contribution in [-0.4, -0.2) is 30.4 Å². The molecule has 0 atom stereocenters. The molecule has 0 aliphatic carbocycles. The first-order valence-electron chi connectivity index (χ1n) is 4.33. The van der Waals surface area contributed by atoms with Gasteiger partial charge in [-0.2, -0.15) is 5.10 Å². The maximum Gasteiger partial charge on any atom is 0.354 e. The summed E-state index contributed by atoms with van der Waals surface area (Å²) in [5.41, 5.74) is 1.55. The summed E-state index contributed by atoms with van der Waals surface area (Å²) in [6, 6.07) is 1.53. The van der Waals surface area contributed by atoms with Crippen LogP contribution in [0.15, 0.2) is 18.6 Å². The molecule has 2 rings (SSSR count). The molecule has 0 aromatic carbocycles. The number of imidazole rings is 1. The van der Waals surface area contributed by atoms with Crippen molar-refractivity contribution in [1.82, 2.24) is 19.3 Å². The molecule has 0 bridgehead atoms. The number of rotatable bonds is 2. The molecule has 1 N–H and O–H groups in total. The molecule has 15 heavy (non-hydrogen) atoms. The number of nitrogens with zero attached hydrogens (tertiary/aromatic N) is 4. The Labute approximate surface area is 85.8 Å². The van der Waals surface area contributed by atoms with Crippen LogP contribution in [0.1, 0.15) is 10.5 Å². The molecule has 6 heteroatoms. The van der Waals surface area contributed by atoms with Gasteiger partial charge in [0.05, 0.1) is 18.2 Å². The molecular weight excluding hydrogens is 196 g/mol. The standard InChI is InChI=1S/C9H10N4O2/c1-12-5-10-4-8(12)6-3-7(9(14)15)13(2)11-6/h3-5H,1-2H3,(H,14,15). The van der Waals surface area contributed by atoms with E-state index in [0.29, 0.717) is 5.69 Å². The third kappa shape index (κ3) is 1.50. The van der Waals surface area contributed by atoms with Crippen LogP contribution in [-0.2, 0) is 14.1 Å². The summed E-state index contributed by atoms with van der Waals surface area (Å²) >= 11 is 0. The third-order valence-corrected chi connectivity index (χ3v) is 2.18. The lowest BCUT2D eigenvalue weighted by atomic mass is 10.3. The Morgan fingerprint density at radius 3 is 2.67 bits per heavy atom. The Morgan fingerprint density at radius 2 is 2.20 bits per heavy atom. The highest BCUT2D eigenvalue weighted by Crippen LogP contribution is 2.17. The van der Waals surface area contributed by atoms with Crippen LogP contribution in [0.3, 0.4) is 0 Å². The number of aromatic nitrogens is 4. The molecule has 0 aliphatic rings. The number of hydrogen-bond acceptors (Lipinski definition) is 3. The zero-order valence-corrected chi connectivity index (χ0v) is 8.38. The highest BCUT2D eigenvalue weighted by molar-refractivity contribution is 5.87. The molecule has 2 aromatic rings. The lowest BCUT2D eigenvalue weighted by molar-refractivity contribution is 0.0685. The fourth-order valence-corrected chi connectivity index (χ4v) is 1.40. The van der Waals surface area contributed by atoms with E-state index in [1.165, 1.54) is 10.7 Å². The number of aromatic carboxylic acids is 1. The van der Waals surface area contributed by atoms with E-state index in [2.05, 4.69) is 10.1 Å². The molecule has 2 aromatic heterocycles. The van der Waals surface area contributed by atoms with Crippen LogP contribution in [0, 0.1) is 0 Å². The van der Waals surface area contributed by atoms with Gasteiger partial charge in [-0.1, -0.05) is 0 Å². The third-order valence-electron chi connectivity index (χ3n) is 2.18. The molecule has 6 nitrogen and oxygen atoms in total. The summed E-state index contributed by atoms with van der Waals surface area (Å²) in [6.07, 6.45) is 3.29. The molecule has 0 unspecified atom stereocenters. The SMILES string of the molecule is Cn1cncc1-c1cc(C(=O)O)n(C)n1. The minimum Gasteiger partial charge on any atom is -0.477 e. The van der Waals surface area contributed by atoms with Crippen LogP contribution < -0.4 is 0 Å². The van der Waals surface area contributed by atoms with E-state index >= 15 is 0 Å². The smallest absolute Gasteiger partial charge is 0.354 e. The van der Waals surface area contributed by atoms with Crippen molar-refractivity contribution in [1.29, 1.82) is 0 Å². The minimum atomic E-state index is -0.988. The average molecular weight is 206 g/mol. The summed E-state index contributed by atoms with van der Waals surface area (Å²) in [5.74, 6) is -0.988. The van der Waals surface area contributed by atoms with Crippen molar-refractivity contribution in [2.24, 2.45) is 14.1 Å². The zero-order valence-electron chi connectivity index (χ0n) is 8.38. The van der Waals surface area contributed by atoms with Gasteiger partial charge in [-0.15, -0.1) is 0 Å². The molecule has 0 radical (unpaired) electrons. The van der Waals surface area contributed by atoms with Crippen LogP contribution >= 0.6 is 0 Å². The predicted octanol–water partition coefficient (Wildman–Crippen LogP) is 0.519. The summed E-state index contributed by atoms with van der Waals surface area (Å²) < 4.78 is 3.12. The fraction of sp³-hybridized carbons (Fsp3) is 0.222. The van der Waals surface area contributed by atoms with Crippen molar-refractivity contribution in [3.63, 3.8) is 0 Å². The number of aryl methyl sites for hydroxylation is 2. The van der Waals surface area contributed by atoms with Gasteiger partial charge in [0.25, 0.3) is 0 Å². The van der Waals surface area contributed by atoms with Gasteiger partial charge in [0.15, 0.2) is 0 Å². The largest absolute Gasteiger partial charge is 0.477 e. The summed E-state index contributed by atoms with van der Waals surface area (Å²) in [7, 11) is 3.43. The predicted molar refractivity (Wildman–Crippen MR) is 52.4 cm³/mol. The van der Waals surface area contributed by atoms with Crippen molar-refractivity contribution in [2.45, 2.75) is 0 Å². The quantitative estimate of drug-likeness (QED) is 0.777. The van der Waals surface area contributed by atoms with Gasteiger partial charge in [-0.05, 0) is 0 Å². The van der Waals surface area contributed by atoms with Gasteiger partial charge in [0, 0.05) is 20.2 Å². The van der Waals surface area contributed by atoms with E-state index in [0.717, 1.165) is 5.69 Å². The monoisotopic (exact) mass is 206 g/mol. The summed E-state index contributed by atoms with van der Waals surface area (Å²) in [4.78, 5) is 14.8. The van der Waals surface area contributed by atoms with Gasteiger partial charge in [-0.3, -0.25) is 4.68 Å². The Kier molecular flexibility index (Phi) is 2.03. The van der Waals surface area contributed by atoms with Crippen LogP contribution in [0.5, 0.6) is 0 Å². The molecule has 0 amide bonds. The number of carboxylic acid groups (broad SMARTS) is 1. The van der Waals surface area contributed by atoms with E-state index in [9.17, 15) is 4.79 Å². The first kappa shape index (κ1) is 9.45. The second-order valence-corrected chi connectivity index (χ2v) is 3.23. The van der Waals surface area contributed by atoms with E-state index in [-0.39, 0.29) is 5.69 Å². The Morgan fingerprint density at radius 1 is 1.47 bits per heavy atom. The Bertz CT molecular complexity index is 512. The van der Waals surface area contributed by atoms with Gasteiger partial charge in [-0.25, -0.2) is 9.78 Å². The second-order valence-electron chi connectivity index (χ2n) is 3.23. The lowest BCUT2D eigenvalue weighted by Crippen LogP contribution is -2.04. The maximum absolute atomic E-state index is 10.8. The highest BCUT2D eigenvalue weighted by Gasteiger charge is 2.14. The van der Waals surface area contributed by atoms with Crippen LogP contribution in [0.25, 0.3) is 11.4 Å². The van der Waals surface area contributed by atoms with Gasteiger partial charge >= 0.3 is 5.97 Å². The van der Waals surface area contributed by atoms with E-state index in [4.69, 9.17) is 5.11 Å². The zero-order chi connectivity index (χ0) is 11.0. The molecule has 0 aliphatic heterocycles.